The van der Waals surface area contributed by atoms with Crippen LogP contribution in [0.1, 0.15) is 35.5 Å². The summed E-state index contributed by atoms with van der Waals surface area (Å²) < 4.78 is 6.77. The van der Waals surface area contributed by atoms with E-state index in [9.17, 15) is 4.79 Å². The molecule has 0 atom stereocenters. The number of nitrogens with zero attached hydrogens (tertiary/aromatic N) is 2. The van der Waals surface area contributed by atoms with Crippen molar-refractivity contribution in [2.24, 2.45) is 0 Å². The fourth-order valence-corrected chi connectivity index (χ4v) is 1.98. The number of carbonyl (C=O) groups is 1. The minimum absolute atomic E-state index is 0.332. The molecule has 0 amide bonds. The number of hydrogen-bond donors (Lipinski definition) is 0. The van der Waals surface area contributed by atoms with E-state index in [0.717, 1.165) is 17.7 Å². The molecule has 0 aliphatic heterocycles. The van der Waals surface area contributed by atoms with Crippen LogP contribution in [-0.4, -0.2) is 17.1 Å². The summed E-state index contributed by atoms with van der Waals surface area (Å²) >= 11 is 0. The molecule has 2 aromatic rings. The molecule has 102 valence electrons. The Bertz CT molecular complexity index is 648. The number of aromatic nitrogens is 1. The molecule has 0 bridgehead atoms. The summed E-state index contributed by atoms with van der Waals surface area (Å²) in [5.74, 6) is -0.332. The molecule has 0 saturated heterocycles. The highest BCUT2D eigenvalue weighted by atomic mass is 16.5. The van der Waals surface area contributed by atoms with Gasteiger partial charge in [-0.3, -0.25) is 0 Å². The van der Waals surface area contributed by atoms with E-state index in [1.54, 1.807) is 19.1 Å². The molecule has 0 radical (unpaired) electrons. The molecule has 0 aliphatic rings. The van der Waals surface area contributed by atoms with Crippen LogP contribution in [0, 0.1) is 11.3 Å². The SMILES string of the molecule is CCOC(=O)c1ccc(-n2cc(CC)cc2C#N)cc1. The van der Waals surface area contributed by atoms with E-state index in [2.05, 4.69) is 6.07 Å². The van der Waals surface area contributed by atoms with Gasteiger partial charge in [0.2, 0.25) is 0 Å². The van der Waals surface area contributed by atoms with E-state index in [1.807, 2.05) is 35.9 Å². The Labute approximate surface area is 118 Å². The van der Waals surface area contributed by atoms with E-state index < -0.39 is 0 Å². The third-order valence-electron chi connectivity index (χ3n) is 3.06. The van der Waals surface area contributed by atoms with Gasteiger partial charge in [0.25, 0.3) is 0 Å². The van der Waals surface area contributed by atoms with Crippen LogP contribution in [0.2, 0.25) is 0 Å². The molecule has 1 aromatic heterocycles. The standard InChI is InChI=1S/C16H16N2O2/c1-3-12-9-15(10-17)18(11-12)14-7-5-13(6-8-14)16(19)20-4-2/h5-9,11H,3-4H2,1-2H3. The van der Waals surface area contributed by atoms with Crippen molar-refractivity contribution in [3.63, 3.8) is 0 Å². The van der Waals surface area contributed by atoms with Crippen LogP contribution in [0.4, 0.5) is 0 Å². The summed E-state index contributed by atoms with van der Waals surface area (Å²) in [7, 11) is 0. The van der Waals surface area contributed by atoms with E-state index in [4.69, 9.17) is 10.00 Å². The lowest BCUT2D eigenvalue weighted by atomic mass is 10.2. The zero-order valence-electron chi connectivity index (χ0n) is 11.6. The highest BCUT2D eigenvalue weighted by molar-refractivity contribution is 5.89. The average molecular weight is 268 g/mol. The summed E-state index contributed by atoms with van der Waals surface area (Å²) in [6.45, 7) is 4.18. The smallest absolute Gasteiger partial charge is 0.338 e. The van der Waals surface area contributed by atoms with Crippen LogP contribution in [0.15, 0.2) is 36.5 Å². The lowest BCUT2D eigenvalue weighted by Gasteiger charge is -2.06. The Morgan fingerprint density at radius 3 is 2.55 bits per heavy atom. The molecule has 0 saturated carbocycles. The van der Waals surface area contributed by atoms with Gasteiger partial charge in [0, 0.05) is 11.9 Å². The Morgan fingerprint density at radius 2 is 2.00 bits per heavy atom. The second kappa shape index (κ2) is 6.07. The summed E-state index contributed by atoms with van der Waals surface area (Å²) in [5, 5.41) is 9.16. The first kappa shape index (κ1) is 13.9. The first-order valence-corrected chi connectivity index (χ1v) is 6.58. The van der Waals surface area contributed by atoms with Crippen molar-refractivity contribution >= 4 is 5.97 Å². The zero-order valence-corrected chi connectivity index (χ0v) is 11.6. The van der Waals surface area contributed by atoms with Gasteiger partial charge in [-0.1, -0.05) is 6.92 Å². The van der Waals surface area contributed by atoms with Crippen molar-refractivity contribution in [2.75, 3.05) is 6.61 Å². The topological polar surface area (TPSA) is 55.0 Å². The van der Waals surface area contributed by atoms with Crippen LogP contribution in [-0.2, 0) is 11.2 Å². The number of carbonyl (C=O) groups excluding carboxylic acids is 1. The Morgan fingerprint density at radius 1 is 1.30 bits per heavy atom. The monoisotopic (exact) mass is 268 g/mol. The van der Waals surface area contributed by atoms with Gasteiger partial charge in [-0.15, -0.1) is 0 Å². The first-order chi connectivity index (χ1) is 9.69. The average Bonchev–Trinajstić information content (AvgIpc) is 2.91. The molecule has 0 N–H and O–H groups in total. The van der Waals surface area contributed by atoms with Crippen molar-refractivity contribution in [1.29, 1.82) is 5.26 Å². The zero-order chi connectivity index (χ0) is 14.5. The molecular weight excluding hydrogens is 252 g/mol. The van der Waals surface area contributed by atoms with Crippen molar-refractivity contribution in [2.45, 2.75) is 20.3 Å². The van der Waals surface area contributed by atoms with E-state index in [0.29, 0.717) is 17.9 Å². The first-order valence-electron chi connectivity index (χ1n) is 6.58. The minimum atomic E-state index is -0.332. The molecule has 1 heterocycles. The Kier molecular flexibility index (Phi) is 4.21. The maximum atomic E-state index is 11.6. The number of rotatable bonds is 4. The second-order valence-corrected chi connectivity index (χ2v) is 4.34. The number of aryl methyl sites for hydroxylation is 1. The number of hydrogen-bond acceptors (Lipinski definition) is 3. The number of benzene rings is 1. The summed E-state index contributed by atoms with van der Waals surface area (Å²) in [4.78, 5) is 11.6. The molecule has 0 unspecified atom stereocenters. The van der Waals surface area contributed by atoms with E-state index in [-0.39, 0.29) is 5.97 Å². The van der Waals surface area contributed by atoms with E-state index >= 15 is 0 Å². The number of nitriles is 1. The van der Waals surface area contributed by atoms with Gasteiger partial charge in [-0.05, 0) is 49.2 Å². The van der Waals surface area contributed by atoms with Gasteiger partial charge >= 0.3 is 5.97 Å². The molecule has 0 fully saturated rings. The van der Waals surface area contributed by atoms with Gasteiger partial charge in [-0.25, -0.2) is 4.79 Å². The van der Waals surface area contributed by atoms with Gasteiger partial charge in [0.1, 0.15) is 11.8 Å². The van der Waals surface area contributed by atoms with Crippen molar-refractivity contribution in [3.05, 3.63) is 53.3 Å². The van der Waals surface area contributed by atoms with E-state index in [1.165, 1.54) is 0 Å². The third-order valence-corrected chi connectivity index (χ3v) is 3.06. The summed E-state index contributed by atoms with van der Waals surface area (Å²) in [6.07, 6.45) is 2.82. The summed E-state index contributed by atoms with van der Waals surface area (Å²) in [6, 6.07) is 11.1. The number of esters is 1. The van der Waals surface area contributed by atoms with Crippen molar-refractivity contribution < 1.29 is 9.53 Å². The van der Waals surface area contributed by atoms with Gasteiger partial charge in [0.05, 0.1) is 12.2 Å². The fourth-order valence-electron chi connectivity index (χ4n) is 1.98. The Balaban J connectivity index is 2.33. The predicted molar refractivity (Wildman–Crippen MR) is 75.8 cm³/mol. The molecule has 0 spiro atoms. The van der Waals surface area contributed by atoms with Crippen LogP contribution in [0.25, 0.3) is 5.69 Å². The predicted octanol–water partition coefficient (Wildman–Crippen LogP) is 3.09. The van der Waals surface area contributed by atoms with Crippen molar-refractivity contribution in [1.82, 2.24) is 4.57 Å². The second-order valence-electron chi connectivity index (χ2n) is 4.34. The molecule has 20 heavy (non-hydrogen) atoms. The van der Waals surface area contributed by atoms with Gasteiger partial charge in [-0.2, -0.15) is 5.26 Å². The highest BCUT2D eigenvalue weighted by Gasteiger charge is 2.09. The maximum absolute atomic E-state index is 11.6. The Hall–Kier alpha value is -2.54. The third kappa shape index (κ3) is 2.72. The summed E-state index contributed by atoms with van der Waals surface area (Å²) in [5.41, 5.74) is 3.06. The van der Waals surface area contributed by atoms with Crippen molar-refractivity contribution in [3.8, 4) is 11.8 Å². The fraction of sp³-hybridized carbons (Fsp3) is 0.250. The lowest BCUT2D eigenvalue weighted by Crippen LogP contribution is -2.05. The minimum Gasteiger partial charge on any atom is -0.462 e. The molecule has 2 rings (SSSR count). The number of ether oxygens (including phenoxy) is 1. The largest absolute Gasteiger partial charge is 0.462 e. The lowest BCUT2D eigenvalue weighted by molar-refractivity contribution is 0.0526. The van der Waals surface area contributed by atoms with Crippen LogP contribution >= 0.6 is 0 Å². The molecule has 1 aromatic carbocycles. The molecule has 4 nitrogen and oxygen atoms in total. The van der Waals surface area contributed by atoms with Crippen LogP contribution in [0.5, 0.6) is 0 Å². The highest BCUT2D eigenvalue weighted by Crippen LogP contribution is 2.17. The van der Waals surface area contributed by atoms with Crippen LogP contribution in [0.3, 0.4) is 0 Å². The normalized spacial score (nSPS) is 10.1. The molecule has 0 aliphatic carbocycles. The van der Waals surface area contributed by atoms with Crippen LogP contribution < -0.4 is 0 Å². The quantitative estimate of drug-likeness (QED) is 0.801. The molecule has 4 heteroatoms. The van der Waals surface area contributed by atoms with Gasteiger partial charge < -0.3 is 9.30 Å². The maximum Gasteiger partial charge on any atom is 0.338 e. The molecular formula is C16H16N2O2. The van der Waals surface area contributed by atoms with Gasteiger partial charge in [0.15, 0.2) is 0 Å².